The smallest absolute Gasteiger partial charge is 0.252 e. The summed E-state index contributed by atoms with van der Waals surface area (Å²) in [5, 5.41) is 8.51. The van der Waals surface area contributed by atoms with E-state index < -0.39 is 0 Å². The molecule has 0 spiro atoms. The summed E-state index contributed by atoms with van der Waals surface area (Å²) in [5.41, 5.74) is 4.09. The number of rotatable bonds is 8. The molecule has 170 valence electrons. The number of benzene rings is 1. The molecule has 1 N–H and O–H groups in total. The zero-order chi connectivity index (χ0) is 23.5. The quantitative estimate of drug-likeness (QED) is 0.410. The Balaban J connectivity index is 1.38. The Hall–Kier alpha value is -4.18. The molecule has 0 saturated heterocycles. The largest absolute Gasteiger partial charge is 0.481 e. The zero-order valence-electron chi connectivity index (χ0n) is 19.0. The van der Waals surface area contributed by atoms with E-state index in [0.717, 1.165) is 40.9 Å². The van der Waals surface area contributed by atoms with Gasteiger partial charge in [0.25, 0.3) is 5.91 Å². The summed E-state index contributed by atoms with van der Waals surface area (Å²) in [6, 6.07) is 15.3. The molecule has 1 aromatic carbocycles. The Morgan fingerprint density at radius 2 is 2.06 bits per heavy atom. The van der Waals surface area contributed by atoms with Crippen LogP contribution in [0.3, 0.4) is 0 Å². The average molecular weight is 452 g/mol. The molecule has 7 nitrogen and oxygen atoms in total. The van der Waals surface area contributed by atoms with Crippen molar-refractivity contribution in [2.45, 2.75) is 32.1 Å². The van der Waals surface area contributed by atoms with Crippen molar-refractivity contribution in [3.8, 4) is 23.9 Å². The maximum Gasteiger partial charge on any atom is 0.252 e. The van der Waals surface area contributed by atoms with Crippen molar-refractivity contribution in [2.75, 3.05) is 13.2 Å². The topological polar surface area (TPSA) is 81.9 Å². The van der Waals surface area contributed by atoms with Crippen LogP contribution in [0.5, 0.6) is 5.75 Å². The highest BCUT2D eigenvalue weighted by Gasteiger charge is 2.29. The molecule has 5 rings (SSSR count). The predicted molar refractivity (Wildman–Crippen MR) is 130 cm³/mol. The van der Waals surface area contributed by atoms with Gasteiger partial charge in [-0.05, 0) is 62.1 Å². The molecule has 1 amide bonds. The van der Waals surface area contributed by atoms with E-state index in [1.54, 1.807) is 10.9 Å². The summed E-state index contributed by atoms with van der Waals surface area (Å²) in [6.07, 6.45) is 9.85. The highest BCUT2D eigenvalue weighted by atomic mass is 16.5. The van der Waals surface area contributed by atoms with Crippen molar-refractivity contribution < 1.29 is 9.53 Å². The van der Waals surface area contributed by atoms with Gasteiger partial charge in [-0.1, -0.05) is 24.1 Å². The molecule has 1 aliphatic rings. The number of nitrogens with one attached hydrogen (secondary N) is 1. The lowest BCUT2D eigenvalue weighted by molar-refractivity contribution is 0.0955. The Labute approximate surface area is 198 Å². The number of nitrogens with zero attached hydrogens (tertiary/aromatic N) is 4. The van der Waals surface area contributed by atoms with Crippen molar-refractivity contribution in [2.24, 2.45) is 0 Å². The van der Waals surface area contributed by atoms with Crippen molar-refractivity contribution in [3.05, 3.63) is 77.2 Å². The van der Waals surface area contributed by atoms with E-state index in [2.05, 4.69) is 21.3 Å². The summed E-state index contributed by atoms with van der Waals surface area (Å²) in [4.78, 5) is 22.6. The fourth-order valence-electron chi connectivity index (χ4n) is 4.01. The van der Waals surface area contributed by atoms with Crippen molar-refractivity contribution >= 4 is 16.9 Å². The summed E-state index contributed by atoms with van der Waals surface area (Å²) in [5.74, 6) is 4.15. The molecular weight excluding hydrogens is 426 g/mol. The second-order valence-corrected chi connectivity index (χ2v) is 8.40. The number of amides is 1. The standard InChI is InChI=1S/C27H25N5O2/c1-3-16-34-21-11-7-19(8-12-21)13-15-29-27(33)22-17-23(20-9-10-20)30-26-25(22)18(2)31-32(26)24-6-4-5-14-28-24/h1,4-8,11-12,14,17,20H,9-10,13,15-16H2,2H3,(H,29,33). The number of fused-ring (bicyclic) bond motifs is 1. The van der Waals surface area contributed by atoms with E-state index in [1.807, 2.05) is 55.5 Å². The average Bonchev–Trinajstić information content (AvgIpc) is 3.67. The summed E-state index contributed by atoms with van der Waals surface area (Å²) >= 11 is 0. The molecule has 1 aliphatic carbocycles. The van der Waals surface area contributed by atoms with Crippen molar-refractivity contribution in [1.29, 1.82) is 0 Å². The minimum absolute atomic E-state index is 0.119. The Kier molecular flexibility index (Phi) is 5.96. The first-order valence-corrected chi connectivity index (χ1v) is 11.4. The van der Waals surface area contributed by atoms with Gasteiger partial charge < -0.3 is 10.1 Å². The molecule has 0 aliphatic heterocycles. The molecule has 1 fully saturated rings. The minimum Gasteiger partial charge on any atom is -0.481 e. The van der Waals surface area contributed by atoms with Gasteiger partial charge in [-0.15, -0.1) is 6.42 Å². The number of hydrogen-bond acceptors (Lipinski definition) is 5. The van der Waals surface area contributed by atoms with Gasteiger partial charge in [0.15, 0.2) is 11.5 Å². The van der Waals surface area contributed by atoms with Crippen LogP contribution < -0.4 is 10.1 Å². The lowest BCUT2D eigenvalue weighted by Crippen LogP contribution is -2.26. The van der Waals surface area contributed by atoms with Gasteiger partial charge in [-0.25, -0.2) is 9.97 Å². The second kappa shape index (κ2) is 9.36. The van der Waals surface area contributed by atoms with E-state index in [-0.39, 0.29) is 12.5 Å². The number of hydrogen-bond donors (Lipinski definition) is 1. The fraction of sp³-hybridized carbons (Fsp3) is 0.259. The van der Waals surface area contributed by atoms with Crippen LogP contribution in [0.15, 0.2) is 54.7 Å². The highest BCUT2D eigenvalue weighted by molar-refractivity contribution is 6.06. The fourth-order valence-corrected chi connectivity index (χ4v) is 4.01. The molecule has 34 heavy (non-hydrogen) atoms. The molecule has 0 radical (unpaired) electrons. The van der Waals surface area contributed by atoms with Gasteiger partial charge in [0.05, 0.1) is 16.6 Å². The molecule has 0 atom stereocenters. The number of ether oxygens (including phenoxy) is 1. The lowest BCUT2D eigenvalue weighted by atomic mass is 10.1. The van der Waals surface area contributed by atoms with Gasteiger partial charge in [0, 0.05) is 24.4 Å². The Bertz CT molecular complexity index is 1370. The van der Waals surface area contributed by atoms with Crippen LogP contribution in [-0.4, -0.2) is 38.8 Å². The van der Waals surface area contributed by atoms with Crippen molar-refractivity contribution in [1.82, 2.24) is 25.1 Å². The summed E-state index contributed by atoms with van der Waals surface area (Å²) in [6.45, 7) is 2.66. The monoisotopic (exact) mass is 451 g/mol. The Morgan fingerprint density at radius 3 is 2.76 bits per heavy atom. The van der Waals surface area contributed by atoms with Crippen LogP contribution in [0.4, 0.5) is 0 Å². The van der Waals surface area contributed by atoms with E-state index in [4.69, 9.17) is 16.1 Å². The van der Waals surface area contributed by atoms with E-state index >= 15 is 0 Å². The first-order chi connectivity index (χ1) is 16.6. The molecule has 3 heterocycles. The van der Waals surface area contributed by atoms with E-state index in [0.29, 0.717) is 35.9 Å². The number of aromatic nitrogens is 4. The predicted octanol–water partition coefficient (Wildman–Crippen LogP) is 3.99. The zero-order valence-corrected chi connectivity index (χ0v) is 19.0. The number of terminal acetylenes is 1. The normalized spacial score (nSPS) is 12.9. The van der Waals surface area contributed by atoms with Crippen LogP contribution in [-0.2, 0) is 6.42 Å². The van der Waals surface area contributed by atoms with Crippen LogP contribution in [0.2, 0.25) is 0 Å². The first kappa shape index (κ1) is 21.7. The van der Waals surface area contributed by atoms with Crippen LogP contribution in [0.25, 0.3) is 16.9 Å². The summed E-state index contributed by atoms with van der Waals surface area (Å²) in [7, 11) is 0. The molecular formula is C27H25N5O2. The van der Waals surface area contributed by atoms with Crippen LogP contribution in [0, 0.1) is 19.3 Å². The molecule has 7 heteroatoms. The van der Waals surface area contributed by atoms with Crippen molar-refractivity contribution in [3.63, 3.8) is 0 Å². The van der Waals surface area contributed by atoms with Crippen LogP contribution in [0.1, 0.15) is 46.1 Å². The van der Waals surface area contributed by atoms with E-state index in [9.17, 15) is 4.79 Å². The molecule has 0 unspecified atom stereocenters. The third kappa shape index (κ3) is 4.48. The lowest BCUT2D eigenvalue weighted by Gasteiger charge is -2.10. The third-order valence-electron chi connectivity index (χ3n) is 5.88. The Morgan fingerprint density at radius 1 is 1.24 bits per heavy atom. The maximum atomic E-state index is 13.3. The van der Waals surface area contributed by atoms with Gasteiger partial charge >= 0.3 is 0 Å². The van der Waals surface area contributed by atoms with Gasteiger partial charge in [-0.2, -0.15) is 9.78 Å². The number of pyridine rings is 2. The van der Waals surface area contributed by atoms with E-state index in [1.165, 1.54) is 0 Å². The minimum atomic E-state index is -0.119. The molecule has 1 saturated carbocycles. The number of aryl methyl sites for hydroxylation is 1. The number of carbonyl (C=O) groups is 1. The van der Waals surface area contributed by atoms with Gasteiger partial charge in [0.2, 0.25) is 0 Å². The third-order valence-corrected chi connectivity index (χ3v) is 5.88. The second-order valence-electron chi connectivity index (χ2n) is 8.40. The molecule has 0 bridgehead atoms. The molecule has 3 aromatic heterocycles. The number of carbonyl (C=O) groups excluding carboxylic acids is 1. The van der Waals surface area contributed by atoms with Gasteiger partial charge in [0.1, 0.15) is 12.4 Å². The SMILES string of the molecule is C#CCOc1ccc(CCNC(=O)c2cc(C3CC3)nc3c2c(C)nn3-c2ccccn2)cc1. The van der Waals surface area contributed by atoms with Crippen LogP contribution >= 0.6 is 0 Å². The first-order valence-electron chi connectivity index (χ1n) is 11.4. The highest BCUT2D eigenvalue weighted by Crippen LogP contribution is 2.40. The maximum absolute atomic E-state index is 13.3. The van der Waals surface area contributed by atoms with Gasteiger partial charge in [-0.3, -0.25) is 4.79 Å². The summed E-state index contributed by atoms with van der Waals surface area (Å²) < 4.78 is 7.14. The molecule has 4 aromatic rings.